The van der Waals surface area contributed by atoms with Crippen LogP contribution in [0.15, 0.2) is 78.3 Å². The van der Waals surface area contributed by atoms with Gasteiger partial charge in [0, 0.05) is 52.3 Å². The first kappa shape index (κ1) is 15.8. The molecule has 2 N–H and O–H groups in total. The molecule has 0 amide bonds. The first-order valence-electron chi connectivity index (χ1n) is 9.11. The number of nitrogens with one attached hydrogen (secondary N) is 2. The summed E-state index contributed by atoms with van der Waals surface area (Å²) in [7, 11) is 0. The molecule has 0 bridgehead atoms. The Kier molecular flexibility index (Phi) is 3.33. The van der Waals surface area contributed by atoms with Crippen molar-refractivity contribution in [1.82, 2.24) is 30.1 Å². The van der Waals surface area contributed by atoms with Crippen LogP contribution in [0.25, 0.3) is 55.6 Å². The van der Waals surface area contributed by atoms with Crippen LogP contribution in [0.3, 0.4) is 0 Å². The van der Waals surface area contributed by atoms with Gasteiger partial charge in [-0.25, -0.2) is 4.98 Å². The predicted octanol–water partition coefficient (Wildman–Crippen LogP) is 4.82. The highest BCUT2D eigenvalue weighted by Gasteiger charge is 2.15. The molecule has 6 heterocycles. The first-order chi connectivity index (χ1) is 14.4. The average Bonchev–Trinajstić information content (AvgIpc) is 3.52. The molecular weight excluding hydrogens is 364 g/mol. The zero-order valence-corrected chi connectivity index (χ0v) is 15.1. The third-order valence-electron chi connectivity index (χ3n) is 5.06. The average molecular weight is 378 g/mol. The fraction of sp³-hybridized carbons (Fsp3) is 0. The predicted molar refractivity (Wildman–Crippen MR) is 110 cm³/mol. The van der Waals surface area contributed by atoms with Gasteiger partial charge in [-0.05, 0) is 35.9 Å². The number of aromatic amines is 2. The largest absolute Gasteiger partial charge is 0.472 e. The lowest BCUT2D eigenvalue weighted by atomic mass is 10.1. The van der Waals surface area contributed by atoms with Crippen molar-refractivity contribution in [2.45, 2.75) is 0 Å². The number of fused-ring (bicyclic) bond motifs is 2. The summed E-state index contributed by atoms with van der Waals surface area (Å²) >= 11 is 0. The van der Waals surface area contributed by atoms with E-state index in [1.807, 2.05) is 36.8 Å². The van der Waals surface area contributed by atoms with Gasteiger partial charge >= 0.3 is 0 Å². The van der Waals surface area contributed by atoms with Gasteiger partial charge in [0.05, 0.1) is 29.9 Å². The molecule has 0 aromatic carbocycles. The van der Waals surface area contributed by atoms with Crippen molar-refractivity contribution >= 4 is 21.9 Å². The van der Waals surface area contributed by atoms with E-state index in [2.05, 4.69) is 42.3 Å². The van der Waals surface area contributed by atoms with Gasteiger partial charge in [0.2, 0.25) is 0 Å². The lowest BCUT2D eigenvalue weighted by Crippen LogP contribution is -1.83. The van der Waals surface area contributed by atoms with E-state index in [-0.39, 0.29) is 0 Å². The van der Waals surface area contributed by atoms with Gasteiger partial charge in [-0.1, -0.05) is 0 Å². The van der Waals surface area contributed by atoms with E-state index in [0.29, 0.717) is 0 Å². The third-order valence-corrected chi connectivity index (χ3v) is 5.06. The van der Waals surface area contributed by atoms with Crippen LogP contribution in [0.4, 0.5) is 0 Å². The third kappa shape index (κ3) is 2.52. The fourth-order valence-electron chi connectivity index (χ4n) is 3.64. The van der Waals surface area contributed by atoms with E-state index in [4.69, 9.17) is 4.42 Å². The number of H-pyrrole nitrogens is 2. The van der Waals surface area contributed by atoms with Gasteiger partial charge in [0.15, 0.2) is 5.65 Å². The molecule has 0 radical (unpaired) electrons. The van der Waals surface area contributed by atoms with Crippen LogP contribution >= 0.6 is 0 Å². The van der Waals surface area contributed by atoms with Crippen molar-refractivity contribution in [3.05, 3.63) is 73.8 Å². The molecule has 6 aromatic heterocycles. The van der Waals surface area contributed by atoms with Crippen molar-refractivity contribution < 1.29 is 4.42 Å². The Labute approximate surface area is 164 Å². The molecule has 138 valence electrons. The molecule has 0 saturated carbocycles. The molecule has 0 atom stereocenters. The van der Waals surface area contributed by atoms with Crippen molar-refractivity contribution in [2.24, 2.45) is 0 Å². The number of hydrogen-bond donors (Lipinski definition) is 2. The molecule has 6 rings (SSSR count). The lowest BCUT2D eigenvalue weighted by Gasteiger charge is -2.01. The minimum atomic E-state index is 0.740. The maximum atomic E-state index is 5.24. The van der Waals surface area contributed by atoms with E-state index < -0.39 is 0 Å². The molecule has 0 unspecified atom stereocenters. The number of hydrogen-bond acceptors (Lipinski definition) is 5. The molecule has 7 heteroatoms. The van der Waals surface area contributed by atoms with Gasteiger partial charge in [-0.3, -0.25) is 15.1 Å². The molecule has 0 aliphatic heterocycles. The van der Waals surface area contributed by atoms with Crippen LogP contribution in [0.2, 0.25) is 0 Å². The molecule has 7 nitrogen and oxygen atoms in total. The minimum absolute atomic E-state index is 0.740. The quantitative estimate of drug-likeness (QED) is 0.460. The van der Waals surface area contributed by atoms with E-state index in [1.165, 1.54) is 0 Å². The van der Waals surface area contributed by atoms with Crippen molar-refractivity contribution in [1.29, 1.82) is 0 Å². The summed E-state index contributed by atoms with van der Waals surface area (Å²) in [6.07, 6.45) is 12.4. The maximum Gasteiger partial charge on any atom is 0.155 e. The maximum absolute atomic E-state index is 5.24. The number of furan rings is 1. The van der Waals surface area contributed by atoms with Crippen molar-refractivity contribution in [3.63, 3.8) is 0 Å². The molecule has 0 saturated heterocycles. The summed E-state index contributed by atoms with van der Waals surface area (Å²) in [4.78, 5) is 16.4. The summed E-state index contributed by atoms with van der Waals surface area (Å²) < 4.78 is 5.24. The minimum Gasteiger partial charge on any atom is -0.472 e. The second-order valence-electron chi connectivity index (χ2n) is 6.77. The zero-order chi connectivity index (χ0) is 19.2. The number of nitrogens with zero attached hydrogens (tertiary/aromatic N) is 4. The summed E-state index contributed by atoms with van der Waals surface area (Å²) in [5.41, 5.74) is 7.47. The molecule has 0 aliphatic carbocycles. The molecule has 6 aromatic rings. The molecule has 0 spiro atoms. The smallest absolute Gasteiger partial charge is 0.155 e. The van der Waals surface area contributed by atoms with Crippen LogP contribution < -0.4 is 0 Å². The van der Waals surface area contributed by atoms with Crippen LogP contribution in [0, 0.1) is 0 Å². The Morgan fingerprint density at radius 3 is 2.62 bits per heavy atom. The van der Waals surface area contributed by atoms with Crippen molar-refractivity contribution in [2.75, 3.05) is 0 Å². The second-order valence-corrected chi connectivity index (χ2v) is 6.77. The van der Waals surface area contributed by atoms with E-state index in [0.717, 1.165) is 55.6 Å². The van der Waals surface area contributed by atoms with Crippen molar-refractivity contribution in [3.8, 4) is 33.6 Å². The topological polar surface area (TPSA) is 96.3 Å². The summed E-state index contributed by atoms with van der Waals surface area (Å²) in [6.45, 7) is 0. The lowest BCUT2D eigenvalue weighted by molar-refractivity contribution is 0.568. The molecule has 29 heavy (non-hydrogen) atoms. The SMILES string of the molecule is c1cc(-c2cnc3[nH]nc(-c4cc5c(-c6ccoc6)cncc5[nH]4)c3c2)ccn1. The number of rotatable bonds is 3. The second kappa shape index (κ2) is 6.13. The first-order valence-corrected chi connectivity index (χ1v) is 9.11. The Morgan fingerprint density at radius 1 is 0.828 bits per heavy atom. The fourth-order valence-corrected chi connectivity index (χ4v) is 3.64. The van der Waals surface area contributed by atoms with Crippen LogP contribution in [-0.2, 0) is 0 Å². The molecule has 0 fully saturated rings. The normalized spacial score (nSPS) is 11.4. The Bertz CT molecular complexity index is 1450. The highest BCUT2D eigenvalue weighted by atomic mass is 16.3. The Balaban J connectivity index is 1.53. The van der Waals surface area contributed by atoms with Crippen LogP contribution in [0.1, 0.15) is 0 Å². The van der Waals surface area contributed by atoms with Crippen LogP contribution in [-0.4, -0.2) is 30.1 Å². The summed E-state index contributed by atoms with van der Waals surface area (Å²) in [5, 5.41) is 9.55. The molecular formula is C22H14N6O. The monoisotopic (exact) mass is 378 g/mol. The van der Waals surface area contributed by atoms with Gasteiger partial charge in [0.1, 0.15) is 5.69 Å². The van der Waals surface area contributed by atoms with Gasteiger partial charge in [-0.2, -0.15) is 5.10 Å². The van der Waals surface area contributed by atoms with Gasteiger partial charge in [0.25, 0.3) is 0 Å². The number of pyridine rings is 3. The van der Waals surface area contributed by atoms with E-state index >= 15 is 0 Å². The van der Waals surface area contributed by atoms with Crippen LogP contribution in [0.5, 0.6) is 0 Å². The standard InChI is InChI=1S/C22H14N6O/c1-4-23-5-2-13(1)15-7-17-21(27-28-22(17)25-9-15)19-8-16-18(14-3-6-29-12-14)10-24-11-20(16)26-19/h1-12,26H,(H,25,27,28). The summed E-state index contributed by atoms with van der Waals surface area (Å²) in [5.74, 6) is 0. The highest BCUT2D eigenvalue weighted by molar-refractivity contribution is 6.00. The van der Waals surface area contributed by atoms with Gasteiger partial charge < -0.3 is 9.40 Å². The molecule has 0 aliphatic rings. The van der Waals surface area contributed by atoms with Gasteiger partial charge in [-0.15, -0.1) is 0 Å². The number of aromatic nitrogens is 6. The Morgan fingerprint density at radius 2 is 1.76 bits per heavy atom. The highest BCUT2D eigenvalue weighted by Crippen LogP contribution is 2.34. The zero-order valence-electron chi connectivity index (χ0n) is 15.1. The Hall–Kier alpha value is -4.26. The van der Waals surface area contributed by atoms with E-state index in [9.17, 15) is 0 Å². The summed E-state index contributed by atoms with van der Waals surface area (Å²) in [6, 6.07) is 10.0. The van der Waals surface area contributed by atoms with E-state index in [1.54, 1.807) is 24.9 Å².